The fraction of sp³-hybridized carbons (Fsp3) is 0.500. The smallest absolute Gasteiger partial charge is 0.318 e. The third-order valence-electron chi connectivity index (χ3n) is 5.42. The average Bonchev–Trinajstić information content (AvgIpc) is 3.32. The van der Waals surface area contributed by atoms with Crippen LogP contribution in [0.3, 0.4) is 0 Å². The van der Waals surface area contributed by atoms with E-state index in [-0.39, 0.29) is 5.91 Å². The monoisotopic (exact) mass is 380 g/mol. The number of amides is 1. The molecule has 1 fully saturated rings. The Hall–Kier alpha value is -2.47. The van der Waals surface area contributed by atoms with Gasteiger partial charge in [-0.15, -0.1) is 0 Å². The predicted octanol–water partition coefficient (Wildman–Crippen LogP) is 3.34. The van der Waals surface area contributed by atoms with Crippen LogP contribution >= 0.6 is 0 Å². The molecule has 148 valence electrons. The molecule has 0 saturated carbocycles. The van der Waals surface area contributed by atoms with Crippen LogP contribution in [-0.4, -0.2) is 40.5 Å². The summed E-state index contributed by atoms with van der Waals surface area (Å²) >= 11 is 0. The van der Waals surface area contributed by atoms with Gasteiger partial charge in [-0.2, -0.15) is 4.98 Å². The number of unbranched alkanes of at least 4 members (excludes halogenated alkanes) is 1. The lowest BCUT2D eigenvalue weighted by Gasteiger charge is -2.18. The summed E-state index contributed by atoms with van der Waals surface area (Å²) in [7, 11) is 0. The second-order valence-electron chi connectivity index (χ2n) is 7.66. The summed E-state index contributed by atoms with van der Waals surface area (Å²) in [5.41, 5.74) is 3.31. The Labute approximate surface area is 166 Å². The number of ether oxygens (including phenoxy) is 1. The van der Waals surface area contributed by atoms with E-state index in [0.29, 0.717) is 31.4 Å². The summed E-state index contributed by atoms with van der Waals surface area (Å²) in [4.78, 5) is 25.5. The summed E-state index contributed by atoms with van der Waals surface area (Å²) in [5.74, 6) is 0.754. The van der Waals surface area contributed by atoms with Crippen molar-refractivity contribution >= 4 is 11.7 Å². The average molecular weight is 380 g/mol. The van der Waals surface area contributed by atoms with Crippen molar-refractivity contribution in [3.05, 3.63) is 47.2 Å². The largest absolute Gasteiger partial charge is 0.463 e. The number of fused-ring (bicyclic) bond motifs is 1. The van der Waals surface area contributed by atoms with Crippen molar-refractivity contribution in [2.24, 2.45) is 0 Å². The van der Waals surface area contributed by atoms with Gasteiger partial charge in [0.05, 0.1) is 19.6 Å². The molecule has 0 aliphatic carbocycles. The van der Waals surface area contributed by atoms with E-state index < -0.39 is 0 Å². The number of hydrogen-bond donors (Lipinski definition) is 0. The van der Waals surface area contributed by atoms with E-state index in [1.165, 1.54) is 31.5 Å². The van der Waals surface area contributed by atoms with Crippen LogP contribution in [0.1, 0.15) is 49.3 Å². The van der Waals surface area contributed by atoms with Crippen LogP contribution in [0.15, 0.2) is 30.5 Å². The maximum atomic E-state index is 12.5. The molecule has 1 aromatic carbocycles. The molecule has 2 aliphatic rings. The van der Waals surface area contributed by atoms with Gasteiger partial charge in [-0.25, -0.2) is 4.98 Å². The number of rotatable bonds is 8. The van der Waals surface area contributed by atoms with Crippen LogP contribution in [0.5, 0.6) is 6.01 Å². The lowest BCUT2D eigenvalue weighted by Crippen LogP contribution is -2.26. The molecule has 1 aromatic heterocycles. The Bertz CT molecular complexity index is 816. The minimum absolute atomic E-state index is 0.0659. The fourth-order valence-corrected chi connectivity index (χ4v) is 3.79. The molecule has 6 heteroatoms. The standard InChI is InChI=1S/C22H28N4O2/c1-2-3-12-28-22-23-14-19-13-20(27)26(21(19)24-22)16-18-8-6-17(7-9-18)15-25-10-4-5-11-25/h6-9,14H,2-5,10-13,15-16H2,1H3. The number of benzene rings is 1. The molecule has 1 saturated heterocycles. The third kappa shape index (κ3) is 4.33. The summed E-state index contributed by atoms with van der Waals surface area (Å²) in [6.45, 7) is 6.65. The van der Waals surface area contributed by atoms with E-state index in [1.807, 2.05) is 0 Å². The fourth-order valence-electron chi connectivity index (χ4n) is 3.79. The van der Waals surface area contributed by atoms with Crippen LogP contribution in [0.25, 0.3) is 0 Å². The van der Waals surface area contributed by atoms with E-state index in [4.69, 9.17) is 4.74 Å². The van der Waals surface area contributed by atoms with Gasteiger partial charge < -0.3 is 4.74 Å². The molecule has 4 rings (SSSR count). The zero-order valence-electron chi connectivity index (χ0n) is 16.6. The van der Waals surface area contributed by atoms with E-state index in [9.17, 15) is 4.79 Å². The van der Waals surface area contributed by atoms with Crippen LogP contribution in [0.4, 0.5) is 5.82 Å². The molecule has 0 bridgehead atoms. The van der Waals surface area contributed by atoms with Gasteiger partial charge in [-0.3, -0.25) is 14.6 Å². The van der Waals surface area contributed by atoms with Gasteiger partial charge in [0, 0.05) is 18.3 Å². The van der Waals surface area contributed by atoms with Crippen LogP contribution in [0.2, 0.25) is 0 Å². The summed E-state index contributed by atoms with van der Waals surface area (Å²) in [5, 5.41) is 0. The zero-order valence-corrected chi connectivity index (χ0v) is 16.6. The van der Waals surface area contributed by atoms with Crippen molar-refractivity contribution < 1.29 is 9.53 Å². The summed E-state index contributed by atoms with van der Waals surface area (Å²) < 4.78 is 5.62. The first-order chi connectivity index (χ1) is 13.7. The van der Waals surface area contributed by atoms with E-state index in [2.05, 4.69) is 46.1 Å². The van der Waals surface area contributed by atoms with E-state index in [1.54, 1.807) is 11.1 Å². The quantitative estimate of drug-likeness (QED) is 0.658. The predicted molar refractivity (Wildman–Crippen MR) is 108 cm³/mol. The highest BCUT2D eigenvalue weighted by atomic mass is 16.5. The molecule has 3 heterocycles. The number of likely N-dealkylation sites (tertiary alicyclic amines) is 1. The maximum Gasteiger partial charge on any atom is 0.318 e. The molecule has 2 aliphatic heterocycles. The van der Waals surface area contributed by atoms with Crippen molar-refractivity contribution in [3.63, 3.8) is 0 Å². The summed E-state index contributed by atoms with van der Waals surface area (Å²) in [6.07, 6.45) is 6.72. The van der Waals surface area contributed by atoms with Crippen molar-refractivity contribution in [2.45, 2.75) is 52.1 Å². The minimum atomic E-state index is 0.0659. The Balaban J connectivity index is 1.43. The third-order valence-corrected chi connectivity index (χ3v) is 5.42. The van der Waals surface area contributed by atoms with Gasteiger partial charge in [-0.05, 0) is 43.5 Å². The van der Waals surface area contributed by atoms with Crippen molar-refractivity contribution in [3.8, 4) is 6.01 Å². The van der Waals surface area contributed by atoms with E-state index >= 15 is 0 Å². The lowest BCUT2D eigenvalue weighted by molar-refractivity contribution is -0.117. The molecule has 0 atom stereocenters. The van der Waals surface area contributed by atoms with Gasteiger partial charge >= 0.3 is 6.01 Å². The first-order valence-corrected chi connectivity index (χ1v) is 10.3. The normalized spacial score (nSPS) is 16.6. The van der Waals surface area contributed by atoms with Crippen LogP contribution in [0, 0.1) is 0 Å². The molecule has 0 unspecified atom stereocenters. The number of hydrogen-bond acceptors (Lipinski definition) is 5. The molecule has 6 nitrogen and oxygen atoms in total. The molecular formula is C22H28N4O2. The van der Waals surface area contributed by atoms with Crippen molar-refractivity contribution in [2.75, 3.05) is 24.6 Å². The highest BCUT2D eigenvalue weighted by molar-refractivity contribution is 6.00. The SMILES string of the molecule is CCCCOc1ncc2c(n1)N(Cc1ccc(CN3CCCC3)cc1)C(=O)C2. The Morgan fingerprint density at radius 3 is 2.50 bits per heavy atom. The molecule has 2 aromatic rings. The Kier molecular flexibility index (Phi) is 5.86. The van der Waals surface area contributed by atoms with E-state index in [0.717, 1.165) is 30.5 Å². The number of carbonyl (C=O) groups excluding carboxylic acids is 1. The highest BCUT2D eigenvalue weighted by Crippen LogP contribution is 2.29. The highest BCUT2D eigenvalue weighted by Gasteiger charge is 2.30. The lowest BCUT2D eigenvalue weighted by atomic mass is 10.1. The van der Waals surface area contributed by atoms with Crippen LogP contribution < -0.4 is 9.64 Å². The Morgan fingerprint density at radius 1 is 1.07 bits per heavy atom. The molecule has 0 N–H and O–H groups in total. The van der Waals surface area contributed by atoms with Gasteiger partial charge in [0.25, 0.3) is 0 Å². The van der Waals surface area contributed by atoms with Gasteiger partial charge in [0.1, 0.15) is 5.82 Å². The first kappa shape index (κ1) is 18.9. The molecular weight excluding hydrogens is 352 g/mol. The van der Waals surface area contributed by atoms with Crippen LogP contribution in [-0.2, 0) is 24.3 Å². The maximum absolute atomic E-state index is 12.5. The number of nitrogens with zero attached hydrogens (tertiary/aromatic N) is 4. The molecule has 0 spiro atoms. The molecule has 28 heavy (non-hydrogen) atoms. The number of anilines is 1. The number of carbonyl (C=O) groups is 1. The second-order valence-corrected chi connectivity index (χ2v) is 7.66. The van der Waals surface area contributed by atoms with Gasteiger partial charge in [-0.1, -0.05) is 37.6 Å². The Morgan fingerprint density at radius 2 is 1.79 bits per heavy atom. The second kappa shape index (κ2) is 8.69. The molecule has 1 amide bonds. The number of aromatic nitrogens is 2. The zero-order chi connectivity index (χ0) is 19.3. The first-order valence-electron chi connectivity index (χ1n) is 10.3. The van der Waals surface area contributed by atoms with Gasteiger partial charge in [0.2, 0.25) is 5.91 Å². The van der Waals surface area contributed by atoms with Crippen molar-refractivity contribution in [1.29, 1.82) is 0 Å². The van der Waals surface area contributed by atoms with Gasteiger partial charge in [0.15, 0.2) is 0 Å². The minimum Gasteiger partial charge on any atom is -0.463 e. The summed E-state index contributed by atoms with van der Waals surface area (Å²) in [6, 6.07) is 8.95. The van der Waals surface area contributed by atoms with Crippen molar-refractivity contribution in [1.82, 2.24) is 14.9 Å². The molecule has 0 radical (unpaired) electrons. The topological polar surface area (TPSA) is 58.6 Å².